The number of hydrogen-bond acceptors (Lipinski definition) is 4. The number of carbonyl (C=O) groups is 1. The van der Waals surface area contributed by atoms with E-state index in [1.165, 1.54) is 0 Å². The standard InChI is InChI=1S/C13H16N4O2/c18-10-7-14-6-9(10)5-13(19)16-12-8-15-11-3-1-2-4-17(11)12/h1-4,8-10,14,18H,5-7H2,(H,16,19)/t9-,10-/m1/s1. The lowest BCUT2D eigenvalue weighted by Gasteiger charge is -2.12. The van der Waals surface area contributed by atoms with Crippen LogP contribution >= 0.6 is 0 Å². The molecular weight excluding hydrogens is 244 g/mol. The monoisotopic (exact) mass is 260 g/mol. The molecule has 1 aliphatic rings. The lowest BCUT2D eigenvalue weighted by Crippen LogP contribution is -2.24. The summed E-state index contributed by atoms with van der Waals surface area (Å²) in [6, 6.07) is 5.66. The maximum Gasteiger partial charge on any atom is 0.225 e. The second kappa shape index (κ2) is 4.99. The number of anilines is 1. The first-order valence-corrected chi connectivity index (χ1v) is 6.35. The summed E-state index contributed by atoms with van der Waals surface area (Å²) in [7, 11) is 0. The minimum absolute atomic E-state index is 0.0146. The molecule has 0 saturated carbocycles. The number of amides is 1. The lowest BCUT2D eigenvalue weighted by atomic mass is 10.0. The van der Waals surface area contributed by atoms with Gasteiger partial charge in [0.1, 0.15) is 11.5 Å². The molecule has 0 bridgehead atoms. The number of aliphatic hydroxyl groups is 1. The quantitative estimate of drug-likeness (QED) is 0.739. The fraction of sp³-hybridized carbons (Fsp3) is 0.385. The predicted octanol–water partition coefficient (Wildman–Crippen LogP) is 0.243. The van der Waals surface area contributed by atoms with E-state index in [1.807, 2.05) is 28.8 Å². The molecule has 0 aromatic carbocycles. The number of fused-ring (bicyclic) bond motifs is 1. The first kappa shape index (κ1) is 12.1. The molecule has 2 atom stereocenters. The number of aliphatic hydroxyl groups excluding tert-OH is 1. The highest BCUT2D eigenvalue weighted by molar-refractivity contribution is 5.90. The van der Waals surface area contributed by atoms with Crippen LogP contribution in [0, 0.1) is 5.92 Å². The molecule has 2 aromatic heterocycles. The molecule has 3 N–H and O–H groups in total. The van der Waals surface area contributed by atoms with Gasteiger partial charge in [-0.3, -0.25) is 9.20 Å². The number of nitrogens with zero attached hydrogens (tertiary/aromatic N) is 2. The molecule has 1 fully saturated rings. The molecule has 0 aliphatic carbocycles. The smallest absolute Gasteiger partial charge is 0.225 e. The van der Waals surface area contributed by atoms with Crippen LogP contribution in [0.1, 0.15) is 6.42 Å². The molecule has 0 radical (unpaired) electrons. The van der Waals surface area contributed by atoms with Crippen LogP contribution in [0.3, 0.4) is 0 Å². The zero-order chi connectivity index (χ0) is 13.2. The van der Waals surface area contributed by atoms with Gasteiger partial charge in [0.15, 0.2) is 0 Å². The Labute approximate surface area is 110 Å². The van der Waals surface area contributed by atoms with Crippen molar-refractivity contribution in [3.63, 3.8) is 0 Å². The Kier molecular flexibility index (Phi) is 3.18. The normalized spacial score (nSPS) is 22.8. The second-order valence-electron chi connectivity index (χ2n) is 4.81. The Hall–Kier alpha value is -1.92. The molecule has 1 amide bonds. The highest BCUT2D eigenvalue weighted by atomic mass is 16.3. The Morgan fingerprint density at radius 3 is 3.21 bits per heavy atom. The summed E-state index contributed by atoms with van der Waals surface area (Å²) in [4.78, 5) is 16.2. The largest absolute Gasteiger partial charge is 0.391 e. The van der Waals surface area contributed by atoms with E-state index in [4.69, 9.17) is 0 Å². The highest BCUT2D eigenvalue weighted by Gasteiger charge is 2.27. The first-order valence-electron chi connectivity index (χ1n) is 6.35. The molecule has 3 heterocycles. The number of carbonyl (C=O) groups excluding carboxylic acids is 1. The predicted molar refractivity (Wildman–Crippen MR) is 70.8 cm³/mol. The van der Waals surface area contributed by atoms with E-state index in [1.54, 1.807) is 6.20 Å². The summed E-state index contributed by atoms with van der Waals surface area (Å²) in [6.45, 7) is 1.25. The maximum absolute atomic E-state index is 12.0. The van der Waals surface area contributed by atoms with Crippen LogP contribution in [0.15, 0.2) is 30.6 Å². The van der Waals surface area contributed by atoms with E-state index < -0.39 is 6.10 Å². The zero-order valence-corrected chi connectivity index (χ0v) is 10.4. The van der Waals surface area contributed by atoms with Crippen molar-refractivity contribution in [1.82, 2.24) is 14.7 Å². The molecule has 6 nitrogen and oxygen atoms in total. The van der Waals surface area contributed by atoms with Crippen molar-refractivity contribution >= 4 is 17.4 Å². The molecule has 100 valence electrons. The molecule has 19 heavy (non-hydrogen) atoms. The van der Waals surface area contributed by atoms with Gasteiger partial charge in [0.05, 0.1) is 12.3 Å². The van der Waals surface area contributed by atoms with Gasteiger partial charge >= 0.3 is 0 Å². The Balaban J connectivity index is 1.69. The Morgan fingerprint density at radius 2 is 2.42 bits per heavy atom. The van der Waals surface area contributed by atoms with Gasteiger partial charge in [0, 0.05) is 31.6 Å². The van der Waals surface area contributed by atoms with Crippen LogP contribution in [-0.2, 0) is 4.79 Å². The van der Waals surface area contributed by atoms with Crippen molar-refractivity contribution in [2.45, 2.75) is 12.5 Å². The van der Waals surface area contributed by atoms with Crippen molar-refractivity contribution in [2.75, 3.05) is 18.4 Å². The van der Waals surface area contributed by atoms with E-state index in [9.17, 15) is 9.90 Å². The number of aromatic nitrogens is 2. The topological polar surface area (TPSA) is 78.7 Å². The zero-order valence-electron chi connectivity index (χ0n) is 10.4. The third kappa shape index (κ3) is 2.45. The average Bonchev–Trinajstić information content (AvgIpc) is 2.98. The van der Waals surface area contributed by atoms with Crippen molar-refractivity contribution in [2.24, 2.45) is 5.92 Å². The minimum Gasteiger partial charge on any atom is -0.391 e. The van der Waals surface area contributed by atoms with Gasteiger partial charge < -0.3 is 15.7 Å². The molecule has 1 saturated heterocycles. The second-order valence-corrected chi connectivity index (χ2v) is 4.81. The summed E-state index contributed by atoms with van der Waals surface area (Å²) in [5.41, 5.74) is 0.792. The lowest BCUT2D eigenvalue weighted by molar-refractivity contribution is -0.117. The van der Waals surface area contributed by atoms with E-state index in [0.29, 0.717) is 25.3 Å². The third-order valence-corrected chi connectivity index (χ3v) is 3.44. The molecule has 2 aromatic rings. The number of pyridine rings is 1. The fourth-order valence-electron chi connectivity index (χ4n) is 2.38. The summed E-state index contributed by atoms with van der Waals surface area (Å²) >= 11 is 0. The van der Waals surface area contributed by atoms with E-state index in [-0.39, 0.29) is 11.8 Å². The number of nitrogens with one attached hydrogen (secondary N) is 2. The number of imidazole rings is 1. The minimum atomic E-state index is -0.437. The van der Waals surface area contributed by atoms with Gasteiger partial charge in [-0.2, -0.15) is 0 Å². The van der Waals surface area contributed by atoms with E-state index >= 15 is 0 Å². The molecule has 1 aliphatic heterocycles. The van der Waals surface area contributed by atoms with Crippen LogP contribution in [-0.4, -0.2) is 39.6 Å². The van der Waals surface area contributed by atoms with E-state index in [2.05, 4.69) is 15.6 Å². The van der Waals surface area contributed by atoms with Gasteiger partial charge in [-0.1, -0.05) is 6.07 Å². The third-order valence-electron chi connectivity index (χ3n) is 3.44. The molecular formula is C13H16N4O2. The van der Waals surface area contributed by atoms with Crippen LogP contribution in [0.2, 0.25) is 0 Å². The molecule has 0 spiro atoms. The van der Waals surface area contributed by atoms with E-state index in [0.717, 1.165) is 5.65 Å². The average molecular weight is 260 g/mol. The van der Waals surface area contributed by atoms with Crippen LogP contribution in [0.4, 0.5) is 5.82 Å². The number of β-amino-alcohol motifs (C(OH)–C–C–N with tert-alkyl or cyclic N) is 1. The van der Waals surface area contributed by atoms with Crippen molar-refractivity contribution in [3.8, 4) is 0 Å². The summed E-state index contributed by atoms with van der Waals surface area (Å²) < 4.78 is 1.82. The van der Waals surface area contributed by atoms with Crippen molar-refractivity contribution in [3.05, 3.63) is 30.6 Å². The van der Waals surface area contributed by atoms with Crippen molar-refractivity contribution in [1.29, 1.82) is 0 Å². The molecule has 3 rings (SSSR count). The van der Waals surface area contributed by atoms with Gasteiger partial charge in [-0.15, -0.1) is 0 Å². The van der Waals surface area contributed by atoms with Crippen LogP contribution in [0.25, 0.3) is 5.65 Å². The SMILES string of the molecule is O=C(C[C@@H]1CNC[C@H]1O)Nc1cnc2ccccn12. The van der Waals surface area contributed by atoms with Crippen LogP contribution in [0.5, 0.6) is 0 Å². The molecule has 0 unspecified atom stereocenters. The van der Waals surface area contributed by atoms with Gasteiger partial charge in [-0.05, 0) is 12.1 Å². The van der Waals surface area contributed by atoms with Gasteiger partial charge in [0.25, 0.3) is 0 Å². The summed E-state index contributed by atoms with van der Waals surface area (Å²) in [6.07, 6.45) is 3.36. The summed E-state index contributed by atoms with van der Waals surface area (Å²) in [5, 5.41) is 15.6. The van der Waals surface area contributed by atoms with Gasteiger partial charge in [-0.25, -0.2) is 4.98 Å². The fourth-order valence-corrected chi connectivity index (χ4v) is 2.38. The first-order chi connectivity index (χ1) is 9.24. The number of hydrogen-bond donors (Lipinski definition) is 3. The Morgan fingerprint density at radius 1 is 1.53 bits per heavy atom. The van der Waals surface area contributed by atoms with Crippen LogP contribution < -0.4 is 10.6 Å². The molecule has 6 heteroatoms. The number of rotatable bonds is 3. The maximum atomic E-state index is 12.0. The summed E-state index contributed by atoms with van der Waals surface area (Å²) in [5.74, 6) is 0.540. The van der Waals surface area contributed by atoms with Crippen molar-refractivity contribution < 1.29 is 9.90 Å². The van der Waals surface area contributed by atoms with Gasteiger partial charge in [0.2, 0.25) is 5.91 Å². The highest BCUT2D eigenvalue weighted by Crippen LogP contribution is 2.16. The Bertz CT molecular complexity index is 595.